The van der Waals surface area contributed by atoms with Gasteiger partial charge in [0.2, 0.25) is 15.8 Å². The van der Waals surface area contributed by atoms with E-state index < -0.39 is 81.9 Å². The number of sulfonamides is 1. The van der Waals surface area contributed by atoms with Gasteiger partial charge in [-0.25, -0.2) is 35.1 Å². The van der Waals surface area contributed by atoms with Crippen molar-refractivity contribution in [3.8, 4) is 0 Å². The number of hydrogen-bond acceptors (Lipinski definition) is 8. The highest BCUT2D eigenvalue weighted by atomic mass is 32.2. The van der Waals surface area contributed by atoms with E-state index in [0.717, 1.165) is 37.3 Å². The van der Waals surface area contributed by atoms with Gasteiger partial charge >= 0.3 is 0 Å². The summed E-state index contributed by atoms with van der Waals surface area (Å²) in [5.74, 6) is -14.2. The SMILES string of the molecule is C[Si](C)(C)CCOCn1ncc2cc(C(Cc3cnc(C4=CCCCC4)cn3)C(=O)[C@H]3CCN3S(=O)(=O)c3c(F)c(F)c(F)c(F)c3F)ccc2c1=O. The highest BCUT2D eigenvalue weighted by Crippen LogP contribution is 2.37. The zero-order valence-corrected chi connectivity index (χ0v) is 31.2. The number of allylic oxidation sites excluding steroid dienone is 2. The molecular formula is C36H38F5N5O5SSi. The Kier molecular flexibility index (Phi) is 11.1. The van der Waals surface area contributed by atoms with E-state index in [1.54, 1.807) is 18.3 Å². The number of carbonyl (C=O) groups is 1. The standard InChI is InChI=1S/C36H38F5N5O5SSi/c1-53(2,3)14-13-51-20-45-36(48)25-10-9-22(15-23(25)17-44-45)26(16-24-18-43-27(19-42-24)21-7-5-4-6-8-21)34(47)28-11-12-46(28)52(49,50)35-32(40)30(38)29(37)31(39)33(35)41/h7,9-10,15,17-19,26,28H,4-6,8,11-14,16,20H2,1-3H3/t26?,28-/m1/s1. The molecule has 0 radical (unpaired) electrons. The van der Waals surface area contributed by atoms with Crippen LogP contribution in [-0.2, 0) is 32.7 Å². The van der Waals surface area contributed by atoms with Crippen molar-refractivity contribution in [3.05, 3.63) is 99.3 Å². The van der Waals surface area contributed by atoms with Gasteiger partial charge in [0, 0.05) is 45.1 Å². The number of benzene rings is 2. The minimum Gasteiger partial charge on any atom is -0.359 e. The molecule has 2 aromatic heterocycles. The zero-order chi connectivity index (χ0) is 38.2. The molecule has 2 aromatic carbocycles. The molecule has 0 bridgehead atoms. The number of rotatable bonds is 13. The fourth-order valence-corrected chi connectivity index (χ4v) is 8.94. The van der Waals surface area contributed by atoms with Gasteiger partial charge in [-0.2, -0.15) is 9.40 Å². The van der Waals surface area contributed by atoms with Gasteiger partial charge in [-0.1, -0.05) is 31.8 Å². The van der Waals surface area contributed by atoms with Crippen LogP contribution in [0.3, 0.4) is 0 Å². The summed E-state index contributed by atoms with van der Waals surface area (Å²) < 4.78 is 105. The molecule has 282 valence electrons. The monoisotopic (exact) mass is 775 g/mol. The lowest BCUT2D eigenvalue weighted by Crippen LogP contribution is -2.56. The predicted octanol–water partition coefficient (Wildman–Crippen LogP) is 6.51. The van der Waals surface area contributed by atoms with E-state index in [2.05, 4.69) is 40.8 Å². The van der Waals surface area contributed by atoms with Crippen molar-refractivity contribution in [1.82, 2.24) is 24.1 Å². The van der Waals surface area contributed by atoms with Gasteiger partial charge in [-0.3, -0.25) is 19.6 Å². The van der Waals surface area contributed by atoms with E-state index in [1.165, 1.54) is 23.1 Å². The molecule has 1 aliphatic carbocycles. The van der Waals surface area contributed by atoms with E-state index in [0.29, 0.717) is 33.2 Å². The van der Waals surface area contributed by atoms with E-state index in [1.807, 2.05) is 0 Å². The van der Waals surface area contributed by atoms with Crippen LogP contribution in [0.15, 0.2) is 52.6 Å². The molecule has 2 aliphatic rings. The number of hydrogen-bond donors (Lipinski definition) is 0. The first-order valence-electron chi connectivity index (χ1n) is 17.2. The predicted molar refractivity (Wildman–Crippen MR) is 189 cm³/mol. The molecule has 53 heavy (non-hydrogen) atoms. The first-order valence-corrected chi connectivity index (χ1v) is 22.4. The second kappa shape index (κ2) is 15.3. The molecule has 2 atom stereocenters. The molecule has 0 saturated carbocycles. The van der Waals surface area contributed by atoms with E-state index >= 15 is 0 Å². The number of nitrogens with zero attached hydrogens (tertiary/aromatic N) is 5. The average Bonchev–Trinajstić information content (AvgIpc) is 3.10. The Hall–Kier alpha value is -4.19. The third-order valence-corrected chi connectivity index (χ3v) is 13.2. The van der Waals surface area contributed by atoms with E-state index in [-0.39, 0.29) is 25.0 Å². The molecule has 6 rings (SSSR count). The molecule has 17 heteroatoms. The Bertz CT molecular complexity index is 2240. The Balaban J connectivity index is 1.33. The Morgan fingerprint density at radius 2 is 1.70 bits per heavy atom. The lowest BCUT2D eigenvalue weighted by molar-refractivity contribution is -0.127. The van der Waals surface area contributed by atoms with Gasteiger partial charge in [0.05, 0.1) is 35.2 Å². The summed E-state index contributed by atoms with van der Waals surface area (Å²) in [6.07, 6.45) is 10.4. The Labute approximate surface area is 303 Å². The van der Waals surface area contributed by atoms with Crippen molar-refractivity contribution in [3.63, 3.8) is 0 Å². The second-order valence-electron chi connectivity index (χ2n) is 14.5. The highest BCUT2D eigenvalue weighted by molar-refractivity contribution is 7.89. The summed E-state index contributed by atoms with van der Waals surface area (Å²) >= 11 is 0. The maximum atomic E-state index is 14.7. The quantitative estimate of drug-likeness (QED) is 0.0495. The largest absolute Gasteiger partial charge is 0.359 e. The Morgan fingerprint density at radius 3 is 2.30 bits per heavy atom. The second-order valence-corrected chi connectivity index (χ2v) is 21.9. The molecule has 3 heterocycles. The lowest BCUT2D eigenvalue weighted by atomic mass is 9.83. The molecular weight excluding hydrogens is 738 g/mol. The number of Topliss-reactive ketones (excluding diaryl/α,β-unsaturated/α-hetero) is 1. The molecule has 1 saturated heterocycles. The average molecular weight is 776 g/mol. The summed E-state index contributed by atoms with van der Waals surface area (Å²) in [7, 11) is -6.73. The number of carbonyl (C=O) groups excluding carboxylic acids is 1. The first-order chi connectivity index (χ1) is 25.1. The Morgan fingerprint density at radius 1 is 0.981 bits per heavy atom. The van der Waals surface area contributed by atoms with E-state index in [4.69, 9.17) is 4.74 Å². The van der Waals surface area contributed by atoms with Crippen LogP contribution < -0.4 is 5.56 Å². The molecule has 1 unspecified atom stereocenters. The summed E-state index contributed by atoms with van der Waals surface area (Å²) in [5, 5.41) is 4.90. The van der Waals surface area contributed by atoms with Gasteiger partial charge in [-0.05, 0) is 61.4 Å². The van der Waals surface area contributed by atoms with Crippen LogP contribution in [0.2, 0.25) is 25.7 Å². The van der Waals surface area contributed by atoms with Crippen molar-refractivity contribution < 1.29 is 39.9 Å². The smallest absolute Gasteiger partial charge is 0.276 e. The van der Waals surface area contributed by atoms with Crippen LogP contribution in [-0.4, -0.2) is 65.5 Å². The number of aromatic nitrogens is 4. The first kappa shape index (κ1) is 38.5. The van der Waals surface area contributed by atoms with Gasteiger partial charge < -0.3 is 4.74 Å². The van der Waals surface area contributed by atoms with Crippen LogP contribution in [0.1, 0.15) is 55.0 Å². The summed E-state index contributed by atoms with van der Waals surface area (Å²) in [6, 6.07) is 4.02. The van der Waals surface area contributed by atoms with Gasteiger partial charge in [0.15, 0.2) is 33.9 Å². The molecule has 10 nitrogen and oxygen atoms in total. The van der Waals surface area contributed by atoms with Crippen LogP contribution in [0, 0.1) is 29.1 Å². The van der Waals surface area contributed by atoms with Crippen molar-refractivity contribution in [1.29, 1.82) is 0 Å². The minimum absolute atomic E-state index is 0.0529. The number of ketones is 1. The van der Waals surface area contributed by atoms with Gasteiger partial charge in [-0.15, -0.1) is 0 Å². The molecule has 0 N–H and O–H groups in total. The molecule has 0 amide bonds. The van der Waals surface area contributed by atoms with Gasteiger partial charge in [0.1, 0.15) is 6.73 Å². The van der Waals surface area contributed by atoms with Crippen LogP contribution >= 0.6 is 0 Å². The minimum atomic E-state index is -5.37. The van der Waals surface area contributed by atoms with Crippen LogP contribution in [0.4, 0.5) is 22.0 Å². The topological polar surface area (TPSA) is 124 Å². The fourth-order valence-electron chi connectivity index (χ4n) is 6.43. The molecule has 0 spiro atoms. The van der Waals surface area contributed by atoms with Crippen molar-refractivity contribution in [2.24, 2.45) is 0 Å². The van der Waals surface area contributed by atoms with Crippen molar-refractivity contribution in [2.75, 3.05) is 13.2 Å². The summed E-state index contributed by atoms with van der Waals surface area (Å²) in [4.78, 5) is 34.6. The fraction of sp³-hybridized carbons (Fsp3) is 0.417. The normalized spacial score (nSPS) is 17.4. The van der Waals surface area contributed by atoms with E-state index in [9.17, 15) is 40.0 Å². The third-order valence-electron chi connectivity index (χ3n) is 9.61. The van der Waals surface area contributed by atoms with Crippen molar-refractivity contribution in [2.45, 2.75) is 87.8 Å². The highest BCUT2D eigenvalue weighted by Gasteiger charge is 2.48. The molecule has 1 aliphatic heterocycles. The number of ether oxygens (including phenoxy) is 1. The molecule has 1 fully saturated rings. The summed E-state index contributed by atoms with van der Waals surface area (Å²) in [5.41, 5.74) is 2.05. The van der Waals surface area contributed by atoms with Crippen LogP contribution in [0.5, 0.6) is 0 Å². The number of halogens is 5. The third kappa shape index (κ3) is 7.88. The van der Waals surface area contributed by atoms with Crippen LogP contribution in [0.25, 0.3) is 16.3 Å². The maximum Gasteiger partial charge on any atom is 0.276 e. The zero-order valence-electron chi connectivity index (χ0n) is 29.3. The molecule has 4 aromatic rings. The summed E-state index contributed by atoms with van der Waals surface area (Å²) in [6.45, 7) is 6.64. The van der Waals surface area contributed by atoms with Crippen molar-refractivity contribution >= 4 is 40.2 Å². The number of fused-ring (bicyclic) bond motifs is 1. The maximum absolute atomic E-state index is 14.7. The lowest BCUT2D eigenvalue weighted by Gasteiger charge is -2.40. The van der Waals surface area contributed by atoms with Gasteiger partial charge in [0.25, 0.3) is 5.56 Å².